The topological polar surface area (TPSA) is 69.2 Å². The molecule has 0 radical (unpaired) electrons. The van der Waals surface area contributed by atoms with Crippen LogP contribution in [-0.2, 0) is 11.2 Å². The Morgan fingerprint density at radius 2 is 1.72 bits per heavy atom. The molecule has 6 nitrogen and oxygen atoms in total. The van der Waals surface area contributed by atoms with Gasteiger partial charge in [0.2, 0.25) is 0 Å². The van der Waals surface area contributed by atoms with E-state index in [0.29, 0.717) is 12.0 Å². The molecule has 2 unspecified atom stereocenters. The van der Waals surface area contributed by atoms with Crippen molar-refractivity contribution in [1.29, 1.82) is 0 Å². The van der Waals surface area contributed by atoms with Crippen molar-refractivity contribution in [2.45, 2.75) is 76.8 Å². The summed E-state index contributed by atoms with van der Waals surface area (Å²) < 4.78 is 7.89. The molecule has 1 aromatic heterocycles. The monoisotopic (exact) mass is 457 g/mol. The lowest BCUT2D eigenvalue weighted by Crippen LogP contribution is -2.44. The molecule has 3 aliphatic rings. The van der Waals surface area contributed by atoms with Crippen LogP contribution >= 0.6 is 11.6 Å². The van der Waals surface area contributed by atoms with Crippen LogP contribution in [-0.4, -0.2) is 58.1 Å². The van der Waals surface area contributed by atoms with Crippen LogP contribution in [0.2, 0.25) is 5.02 Å². The van der Waals surface area contributed by atoms with Crippen LogP contribution in [0.1, 0.15) is 75.5 Å². The Bertz CT molecular complexity index is 954. The van der Waals surface area contributed by atoms with Gasteiger partial charge in [0.05, 0.1) is 18.9 Å². The first-order valence-corrected chi connectivity index (χ1v) is 12.5. The zero-order valence-electron chi connectivity index (χ0n) is 19.6. The molecule has 1 saturated carbocycles. The molecular weight excluding hydrogens is 422 g/mol. The van der Waals surface area contributed by atoms with E-state index < -0.39 is 0 Å². The van der Waals surface area contributed by atoms with Gasteiger partial charge in [0.15, 0.2) is 0 Å². The molecule has 1 saturated heterocycles. The molecule has 5 rings (SSSR count). The fourth-order valence-electron chi connectivity index (χ4n) is 6.19. The molecular formula is C25H36ClN5O. The fraction of sp³-hybridized carbons (Fsp3) is 0.680. The second-order valence-corrected chi connectivity index (χ2v) is 11.3. The lowest BCUT2D eigenvalue weighted by atomic mass is 9.75. The number of benzene rings is 1. The number of nitrogens with two attached hydrogens (primary N) is 1. The molecule has 2 atom stereocenters. The standard InChI is InChI=1S/C25H36ClN5O/c1-25(2,3)22-20(27)15-17-14-18(26)6-9-21(17)31-23(28-29-24(22)31)16-4-7-19(8-5-16)30-10-12-32-13-11-30/h6,9,14,16,19-20,22H,4-5,7-8,10-13,15,27H2,1-3H3. The van der Waals surface area contributed by atoms with Crippen molar-refractivity contribution in [3.05, 3.63) is 40.4 Å². The number of hydrogen-bond donors (Lipinski definition) is 1. The molecule has 0 spiro atoms. The predicted octanol–water partition coefficient (Wildman–Crippen LogP) is 4.29. The Balaban J connectivity index is 1.49. The molecule has 0 amide bonds. The molecule has 174 valence electrons. The molecule has 2 fully saturated rings. The van der Waals surface area contributed by atoms with Gasteiger partial charge in [-0.25, -0.2) is 0 Å². The first-order chi connectivity index (χ1) is 15.3. The van der Waals surface area contributed by atoms with Crippen molar-refractivity contribution >= 4 is 11.6 Å². The van der Waals surface area contributed by atoms with Crippen LogP contribution in [0.15, 0.2) is 18.2 Å². The van der Waals surface area contributed by atoms with Gasteiger partial charge < -0.3 is 10.5 Å². The van der Waals surface area contributed by atoms with Gasteiger partial charge in [-0.3, -0.25) is 9.47 Å². The van der Waals surface area contributed by atoms with Crippen molar-refractivity contribution < 1.29 is 4.74 Å². The van der Waals surface area contributed by atoms with Gasteiger partial charge in [0, 0.05) is 42.0 Å². The lowest BCUT2D eigenvalue weighted by Gasteiger charge is -2.38. The third kappa shape index (κ3) is 4.11. The molecule has 2 N–H and O–H groups in total. The quantitative estimate of drug-likeness (QED) is 0.728. The number of nitrogens with zero attached hydrogens (tertiary/aromatic N) is 4. The number of hydrogen-bond acceptors (Lipinski definition) is 5. The second-order valence-electron chi connectivity index (χ2n) is 10.9. The summed E-state index contributed by atoms with van der Waals surface area (Å²) in [7, 11) is 0. The SMILES string of the molecule is CC(C)(C)C1c2nnc(C3CCC(N4CCOCC4)CC3)n2-c2ccc(Cl)cc2CC1N. The predicted molar refractivity (Wildman–Crippen MR) is 128 cm³/mol. The van der Waals surface area contributed by atoms with Crippen LogP contribution in [0.3, 0.4) is 0 Å². The van der Waals surface area contributed by atoms with Gasteiger partial charge >= 0.3 is 0 Å². The van der Waals surface area contributed by atoms with E-state index >= 15 is 0 Å². The summed E-state index contributed by atoms with van der Waals surface area (Å²) in [5.41, 5.74) is 9.13. The van der Waals surface area contributed by atoms with E-state index in [4.69, 9.17) is 32.3 Å². The maximum absolute atomic E-state index is 6.79. The minimum Gasteiger partial charge on any atom is -0.379 e. The minimum absolute atomic E-state index is 0.0126. The number of halogens is 1. The Labute approximate surface area is 196 Å². The zero-order chi connectivity index (χ0) is 22.5. The number of aromatic nitrogens is 3. The highest BCUT2D eigenvalue weighted by molar-refractivity contribution is 6.30. The molecule has 1 aliphatic carbocycles. The highest BCUT2D eigenvalue weighted by Crippen LogP contribution is 2.44. The highest BCUT2D eigenvalue weighted by atomic mass is 35.5. The van der Waals surface area contributed by atoms with Crippen molar-refractivity contribution in [2.75, 3.05) is 26.3 Å². The Kier molecular flexibility index (Phi) is 6.08. The highest BCUT2D eigenvalue weighted by Gasteiger charge is 2.40. The van der Waals surface area contributed by atoms with E-state index in [1.54, 1.807) is 0 Å². The van der Waals surface area contributed by atoms with Gasteiger partial charge in [-0.15, -0.1) is 10.2 Å². The Morgan fingerprint density at radius 3 is 2.41 bits per heavy atom. The van der Waals surface area contributed by atoms with Crippen LogP contribution in [0.25, 0.3) is 5.69 Å². The normalized spacial score (nSPS) is 29.3. The Morgan fingerprint density at radius 1 is 1.03 bits per heavy atom. The van der Waals surface area contributed by atoms with Crippen molar-refractivity contribution in [2.24, 2.45) is 11.1 Å². The van der Waals surface area contributed by atoms with Crippen LogP contribution < -0.4 is 5.73 Å². The Hall–Kier alpha value is -1.47. The largest absolute Gasteiger partial charge is 0.379 e. The molecule has 3 heterocycles. The van der Waals surface area contributed by atoms with Gasteiger partial charge in [0.1, 0.15) is 11.6 Å². The first kappa shape index (κ1) is 22.3. The average Bonchev–Trinajstić information content (AvgIpc) is 3.12. The van der Waals surface area contributed by atoms with Gasteiger partial charge in [-0.2, -0.15) is 0 Å². The van der Waals surface area contributed by atoms with E-state index in [2.05, 4.69) is 42.4 Å². The van der Waals surface area contributed by atoms with Gasteiger partial charge in [0.25, 0.3) is 0 Å². The third-order valence-corrected chi connectivity index (χ3v) is 7.95. The number of fused-ring (bicyclic) bond motifs is 3. The summed E-state index contributed by atoms with van der Waals surface area (Å²) in [4.78, 5) is 2.62. The van der Waals surface area contributed by atoms with E-state index in [0.717, 1.165) is 67.9 Å². The summed E-state index contributed by atoms with van der Waals surface area (Å²) in [5, 5.41) is 10.4. The smallest absolute Gasteiger partial charge is 0.142 e. The third-order valence-electron chi connectivity index (χ3n) is 7.71. The molecule has 32 heavy (non-hydrogen) atoms. The summed E-state index contributed by atoms with van der Waals surface area (Å²) in [6.45, 7) is 10.6. The average molecular weight is 458 g/mol. The first-order valence-electron chi connectivity index (χ1n) is 12.1. The molecule has 7 heteroatoms. The molecule has 1 aromatic carbocycles. The maximum Gasteiger partial charge on any atom is 0.142 e. The summed E-state index contributed by atoms with van der Waals surface area (Å²) in [5.74, 6) is 2.66. The zero-order valence-corrected chi connectivity index (χ0v) is 20.3. The number of morpholine rings is 1. The van der Waals surface area contributed by atoms with Gasteiger partial charge in [-0.05, 0) is 61.3 Å². The van der Waals surface area contributed by atoms with E-state index in [1.165, 1.54) is 18.4 Å². The van der Waals surface area contributed by atoms with Crippen LogP contribution in [0, 0.1) is 5.41 Å². The molecule has 2 aliphatic heterocycles. The molecule has 2 aromatic rings. The van der Waals surface area contributed by atoms with Crippen LogP contribution in [0.5, 0.6) is 0 Å². The second kappa shape index (κ2) is 8.71. The van der Waals surface area contributed by atoms with E-state index in [1.807, 2.05) is 6.07 Å². The minimum atomic E-state index is -0.0254. The van der Waals surface area contributed by atoms with E-state index in [9.17, 15) is 0 Å². The molecule has 0 bridgehead atoms. The van der Waals surface area contributed by atoms with E-state index in [-0.39, 0.29) is 17.4 Å². The number of rotatable bonds is 2. The summed E-state index contributed by atoms with van der Waals surface area (Å²) in [6.07, 6.45) is 5.51. The summed E-state index contributed by atoms with van der Waals surface area (Å²) >= 11 is 6.39. The number of ether oxygens (including phenoxy) is 1. The lowest BCUT2D eigenvalue weighted by molar-refractivity contribution is 0.00707. The van der Waals surface area contributed by atoms with Gasteiger partial charge in [-0.1, -0.05) is 32.4 Å². The van der Waals surface area contributed by atoms with Crippen molar-refractivity contribution in [3.8, 4) is 5.69 Å². The van der Waals surface area contributed by atoms with Crippen molar-refractivity contribution in [1.82, 2.24) is 19.7 Å². The van der Waals surface area contributed by atoms with Crippen LogP contribution in [0.4, 0.5) is 0 Å². The summed E-state index contributed by atoms with van der Waals surface area (Å²) in [6, 6.07) is 6.83. The fourth-order valence-corrected chi connectivity index (χ4v) is 6.39. The maximum atomic E-state index is 6.79. The van der Waals surface area contributed by atoms with Crippen molar-refractivity contribution in [3.63, 3.8) is 0 Å².